The standard InChI is InChI=1S/C20H13ClN4O4/c1-12-16(18(21)24(23-12)14-7-3-2-4-8-14)11-17-20(26)29-19(22-17)13-6-5-9-15(10-13)25(27)28/h2-11H,1H3/b17-11+. The van der Waals surface area contributed by atoms with Crippen molar-refractivity contribution in [3.8, 4) is 5.69 Å². The van der Waals surface area contributed by atoms with Crippen LogP contribution in [0.2, 0.25) is 5.15 Å². The summed E-state index contributed by atoms with van der Waals surface area (Å²) in [5.41, 5.74) is 2.16. The van der Waals surface area contributed by atoms with Crippen molar-refractivity contribution in [1.82, 2.24) is 9.78 Å². The normalized spacial score (nSPS) is 14.8. The highest BCUT2D eigenvalue weighted by Gasteiger charge is 2.26. The third-order valence-corrected chi connectivity index (χ3v) is 4.62. The molecule has 0 saturated carbocycles. The first-order valence-electron chi connectivity index (χ1n) is 8.52. The van der Waals surface area contributed by atoms with Crippen LogP contribution >= 0.6 is 11.6 Å². The van der Waals surface area contributed by atoms with Crippen molar-refractivity contribution in [2.45, 2.75) is 6.92 Å². The second-order valence-electron chi connectivity index (χ2n) is 6.18. The fourth-order valence-electron chi connectivity index (χ4n) is 2.84. The van der Waals surface area contributed by atoms with Gasteiger partial charge in [0.1, 0.15) is 5.15 Å². The summed E-state index contributed by atoms with van der Waals surface area (Å²) in [6, 6.07) is 15.0. The van der Waals surface area contributed by atoms with E-state index in [4.69, 9.17) is 16.3 Å². The molecule has 0 unspecified atom stereocenters. The summed E-state index contributed by atoms with van der Waals surface area (Å²) < 4.78 is 6.75. The van der Waals surface area contributed by atoms with Crippen LogP contribution in [0.5, 0.6) is 0 Å². The molecule has 1 aliphatic heterocycles. The van der Waals surface area contributed by atoms with Crippen molar-refractivity contribution >= 4 is 35.2 Å². The highest BCUT2D eigenvalue weighted by Crippen LogP contribution is 2.28. The lowest BCUT2D eigenvalue weighted by Gasteiger charge is -2.01. The number of rotatable bonds is 4. The number of aromatic nitrogens is 2. The zero-order valence-corrected chi connectivity index (χ0v) is 15.8. The van der Waals surface area contributed by atoms with Gasteiger partial charge in [-0.15, -0.1) is 0 Å². The average molecular weight is 409 g/mol. The summed E-state index contributed by atoms with van der Waals surface area (Å²) in [4.78, 5) is 26.9. The molecule has 0 amide bonds. The van der Waals surface area contributed by atoms with Crippen molar-refractivity contribution < 1.29 is 14.5 Å². The fourth-order valence-corrected chi connectivity index (χ4v) is 3.16. The molecular weight excluding hydrogens is 396 g/mol. The molecule has 1 aromatic heterocycles. The molecular formula is C20H13ClN4O4. The number of aliphatic imine (C=N–C) groups is 1. The van der Waals surface area contributed by atoms with E-state index in [1.54, 1.807) is 17.7 Å². The van der Waals surface area contributed by atoms with E-state index < -0.39 is 10.9 Å². The smallest absolute Gasteiger partial charge is 0.363 e. The number of para-hydroxylation sites is 1. The molecule has 0 radical (unpaired) electrons. The molecule has 4 rings (SSSR count). The lowest BCUT2D eigenvalue weighted by atomic mass is 10.2. The van der Waals surface area contributed by atoms with E-state index in [2.05, 4.69) is 10.1 Å². The molecule has 0 fully saturated rings. The van der Waals surface area contributed by atoms with E-state index in [9.17, 15) is 14.9 Å². The number of halogens is 1. The summed E-state index contributed by atoms with van der Waals surface area (Å²) in [5.74, 6) is -0.677. The lowest BCUT2D eigenvalue weighted by Crippen LogP contribution is -2.05. The molecule has 29 heavy (non-hydrogen) atoms. The maximum absolute atomic E-state index is 12.3. The Balaban J connectivity index is 1.72. The first-order valence-corrected chi connectivity index (χ1v) is 8.90. The Morgan fingerprint density at radius 3 is 2.66 bits per heavy atom. The fraction of sp³-hybridized carbons (Fsp3) is 0.0500. The Morgan fingerprint density at radius 2 is 1.93 bits per heavy atom. The van der Waals surface area contributed by atoms with E-state index in [0.29, 0.717) is 22.0 Å². The second-order valence-corrected chi connectivity index (χ2v) is 6.54. The molecule has 0 bridgehead atoms. The van der Waals surface area contributed by atoms with Gasteiger partial charge in [-0.1, -0.05) is 35.9 Å². The Labute approximate surface area is 169 Å². The van der Waals surface area contributed by atoms with Crippen LogP contribution in [0, 0.1) is 17.0 Å². The van der Waals surface area contributed by atoms with E-state index in [1.165, 1.54) is 24.3 Å². The van der Waals surface area contributed by atoms with Gasteiger partial charge in [-0.2, -0.15) is 5.10 Å². The number of benzene rings is 2. The van der Waals surface area contributed by atoms with Crippen molar-refractivity contribution in [1.29, 1.82) is 0 Å². The number of carbonyl (C=O) groups is 1. The molecule has 8 nitrogen and oxygen atoms in total. The van der Waals surface area contributed by atoms with Crippen LogP contribution in [0.15, 0.2) is 65.3 Å². The van der Waals surface area contributed by atoms with Gasteiger partial charge in [-0.25, -0.2) is 14.5 Å². The molecule has 2 heterocycles. The van der Waals surface area contributed by atoms with Crippen molar-refractivity contribution in [3.63, 3.8) is 0 Å². The first-order chi connectivity index (χ1) is 13.9. The summed E-state index contributed by atoms with van der Waals surface area (Å²) in [6.45, 7) is 1.77. The number of esters is 1. The second kappa shape index (κ2) is 7.33. The third-order valence-electron chi connectivity index (χ3n) is 4.25. The van der Waals surface area contributed by atoms with Crippen LogP contribution in [0.3, 0.4) is 0 Å². The minimum absolute atomic E-state index is 0.00539. The zero-order chi connectivity index (χ0) is 20.5. The molecule has 9 heteroatoms. The molecule has 0 spiro atoms. The van der Waals surface area contributed by atoms with Gasteiger partial charge in [-0.3, -0.25) is 10.1 Å². The Hall–Kier alpha value is -3.78. The van der Waals surface area contributed by atoms with Gasteiger partial charge in [0.25, 0.3) is 5.69 Å². The van der Waals surface area contributed by atoms with Crippen molar-refractivity contribution in [2.75, 3.05) is 0 Å². The molecule has 3 aromatic rings. The van der Waals surface area contributed by atoms with Crippen LogP contribution in [-0.4, -0.2) is 26.6 Å². The predicted molar refractivity (Wildman–Crippen MR) is 107 cm³/mol. The first kappa shape index (κ1) is 18.6. The summed E-state index contributed by atoms with van der Waals surface area (Å²) in [5, 5.41) is 15.7. The molecule has 1 aliphatic rings. The molecule has 144 valence electrons. The van der Waals surface area contributed by atoms with Crippen LogP contribution in [-0.2, 0) is 9.53 Å². The highest BCUT2D eigenvalue weighted by molar-refractivity contribution is 6.31. The monoisotopic (exact) mass is 408 g/mol. The van der Waals surface area contributed by atoms with Gasteiger partial charge in [0, 0.05) is 23.3 Å². The molecule has 0 N–H and O–H groups in total. The number of aryl methyl sites for hydroxylation is 1. The highest BCUT2D eigenvalue weighted by atomic mass is 35.5. The van der Waals surface area contributed by atoms with Crippen LogP contribution < -0.4 is 0 Å². The van der Waals surface area contributed by atoms with Gasteiger partial charge in [0.15, 0.2) is 5.70 Å². The SMILES string of the molecule is Cc1nn(-c2ccccc2)c(Cl)c1/C=C1/N=C(c2cccc([N+](=O)[O-])c2)OC1=O. The summed E-state index contributed by atoms with van der Waals surface area (Å²) in [6.07, 6.45) is 1.50. The Kier molecular flexibility index (Phi) is 4.69. The topological polar surface area (TPSA) is 99.6 Å². The van der Waals surface area contributed by atoms with Crippen molar-refractivity contribution in [2.24, 2.45) is 4.99 Å². The number of cyclic esters (lactones) is 1. The maximum atomic E-state index is 12.3. The summed E-state index contributed by atoms with van der Waals surface area (Å²) >= 11 is 6.48. The summed E-state index contributed by atoms with van der Waals surface area (Å²) in [7, 11) is 0. The van der Waals surface area contributed by atoms with Gasteiger partial charge < -0.3 is 4.74 Å². The number of non-ortho nitro benzene ring substituents is 1. The molecule has 2 aromatic carbocycles. The van der Waals surface area contributed by atoms with Gasteiger partial charge in [0.2, 0.25) is 5.90 Å². The van der Waals surface area contributed by atoms with Crippen LogP contribution in [0.4, 0.5) is 5.69 Å². The number of carbonyl (C=O) groups excluding carboxylic acids is 1. The maximum Gasteiger partial charge on any atom is 0.363 e. The minimum atomic E-state index is -0.672. The van der Waals surface area contributed by atoms with Crippen LogP contribution in [0.25, 0.3) is 11.8 Å². The number of nitro groups is 1. The Bertz CT molecular complexity index is 1200. The van der Waals surface area contributed by atoms with Gasteiger partial charge >= 0.3 is 5.97 Å². The number of hydrogen-bond acceptors (Lipinski definition) is 6. The number of hydrogen-bond donors (Lipinski definition) is 0. The van der Waals surface area contributed by atoms with E-state index in [1.807, 2.05) is 30.3 Å². The molecule has 0 atom stereocenters. The van der Waals surface area contributed by atoms with Crippen molar-refractivity contribution in [3.05, 3.63) is 92.4 Å². The van der Waals surface area contributed by atoms with E-state index in [-0.39, 0.29) is 17.3 Å². The number of nitrogens with zero attached hydrogens (tertiary/aromatic N) is 4. The number of nitro benzene ring substituents is 1. The molecule has 0 saturated heterocycles. The van der Waals surface area contributed by atoms with E-state index in [0.717, 1.165) is 5.69 Å². The quantitative estimate of drug-likeness (QED) is 0.280. The Morgan fingerprint density at radius 1 is 1.17 bits per heavy atom. The minimum Gasteiger partial charge on any atom is -0.402 e. The van der Waals surface area contributed by atoms with Gasteiger partial charge in [-0.05, 0) is 31.2 Å². The predicted octanol–water partition coefficient (Wildman–Crippen LogP) is 4.09. The third kappa shape index (κ3) is 3.53. The largest absolute Gasteiger partial charge is 0.402 e. The zero-order valence-electron chi connectivity index (χ0n) is 15.1. The average Bonchev–Trinajstić information content (AvgIpc) is 3.23. The van der Waals surface area contributed by atoms with Gasteiger partial charge in [0.05, 0.1) is 16.3 Å². The van der Waals surface area contributed by atoms with Crippen LogP contribution in [0.1, 0.15) is 16.8 Å². The molecule has 0 aliphatic carbocycles. The van der Waals surface area contributed by atoms with E-state index >= 15 is 0 Å². The number of ether oxygens (including phenoxy) is 1. The lowest BCUT2D eigenvalue weighted by molar-refractivity contribution is -0.384.